The minimum Gasteiger partial charge on any atom is -0.478 e. The highest BCUT2D eigenvalue weighted by Crippen LogP contribution is 2.20. The third-order valence-electron chi connectivity index (χ3n) is 3.83. The Labute approximate surface area is 127 Å². The molecule has 0 aliphatic heterocycles. The van der Waals surface area contributed by atoms with E-state index in [1.807, 2.05) is 0 Å². The van der Waals surface area contributed by atoms with Crippen LogP contribution in [0.2, 0.25) is 0 Å². The molecule has 1 fully saturated rings. The van der Waals surface area contributed by atoms with Gasteiger partial charge in [-0.3, -0.25) is 14.9 Å². The average Bonchev–Trinajstić information content (AvgIpc) is 2.75. The number of non-ortho nitro benzene ring substituents is 1. The number of carbonyl (C=O) groups excluding carboxylic acids is 1. The Morgan fingerprint density at radius 3 is 2.23 bits per heavy atom. The molecule has 0 aromatic heterocycles. The molecule has 0 heterocycles. The Hall–Kier alpha value is -2.44. The van der Waals surface area contributed by atoms with E-state index in [-0.39, 0.29) is 17.2 Å². The van der Waals surface area contributed by atoms with Crippen molar-refractivity contribution in [1.29, 1.82) is 0 Å². The van der Waals surface area contributed by atoms with Crippen LogP contribution in [0.1, 0.15) is 59.2 Å². The van der Waals surface area contributed by atoms with E-state index in [0.29, 0.717) is 0 Å². The second-order valence-electron chi connectivity index (χ2n) is 5.49. The molecule has 0 spiro atoms. The maximum absolute atomic E-state index is 12.2. The highest BCUT2D eigenvalue weighted by atomic mass is 16.6. The molecular formula is C15H18N2O5. The molecular weight excluding hydrogens is 288 g/mol. The molecule has 7 nitrogen and oxygen atoms in total. The lowest BCUT2D eigenvalue weighted by Crippen LogP contribution is -2.34. The number of carboxylic acid groups (broad SMARTS) is 1. The SMILES string of the molecule is O=C(O)c1cc(C(=O)NC2CCCCCC2)cc([N+](=O)[O-])c1. The van der Waals surface area contributed by atoms with E-state index in [4.69, 9.17) is 5.11 Å². The smallest absolute Gasteiger partial charge is 0.335 e. The van der Waals surface area contributed by atoms with E-state index < -0.39 is 22.5 Å². The number of benzene rings is 1. The molecule has 7 heteroatoms. The van der Waals surface area contributed by atoms with Crippen LogP contribution in [0.5, 0.6) is 0 Å². The number of nitrogens with zero attached hydrogens (tertiary/aromatic N) is 1. The van der Waals surface area contributed by atoms with Crippen molar-refractivity contribution in [2.45, 2.75) is 44.6 Å². The fourth-order valence-electron chi connectivity index (χ4n) is 2.66. The first kappa shape index (κ1) is 15.9. The zero-order valence-corrected chi connectivity index (χ0v) is 12.1. The number of aromatic carboxylic acids is 1. The summed E-state index contributed by atoms with van der Waals surface area (Å²) in [7, 11) is 0. The summed E-state index contributed by atoms with van der Waals surface area (Å²) in [4.78, 5) is 33.4. The van der Waals surface area contributed by atoms with Crippen molar-refractivity contribution in [2.24, 2.45) is 0 Å². The number of amides is 1. The molecule has 1 saturated carbocycles. The van der Waals surface area contributed by atoms with Crippen LogP contribution < -0.4 is 5.32 Å². The number of nitrogens with one attached hydrogen (secondary N) is 1. The fourth-order valence-corrected chi connectivity index (χ4v) is 2.66. The van der Waals surface area contributed by atoms with Gasteiger partial charge in [-0.1, -0.05) is 25.7 Å². The summed E-state index contributed by atoms with van der Waals surface area (Å²) in [5, 5.41) is 22.7. The second kappa shape index (κ2) is 7.02. The van der Waals surface area contributed by atoms with Crippen LogP contribution in [0.3, 0.4) is 0 Å². The quantitative estimate of drug-likeness (QED) is 0.505. The van der Waals surface area contributed by atoms with Gasteiger partial charge in [0.05, 0.1) is 10.5 Å². The molecule has 2 rings (SSSR count). The van der Waals surface area contributed by atoms with Crippen LogP contribution >= 0.6 is 0 Å². The first-order chi connectivity index (χ1) is 10.5. The summed E-state index contributed by atoms with van der Waals surface area (Å²) in [5.74, 6) is -1.76. The van der Waals surface area contributed by atoms with Crippen LogP contribution in [0, 0.1) is 10.1 Å². The Morgan fingerprint density at radius 1 is 1.09 bits per heavy atom. The maximum atomic E-state index is 12.2. The van der Waals surface area contributed by atoms with Crippen LogP contribution in [0.4, 0.5) is 5.69 Å². The highest BCUT2D eigenvalue weighted by Gasteiger charge is 2.20. The Kier molecular flexibility index (Phi) is 5.08. The van der Waals surface area contributed by atoms with Crippen molar-refractivity contribution in [2.75, 3.05) is 0 Å². The van der Waals surface area contributed by atoms with Gasteiger partial charge in [0.25, 0.3) is 11.6 Å². The lowest BCUT2D eigenvalue weighted by Gasteiger charge is -2.16. The van der Waals surface area contributed by atoms with Crippen molar-refractivity contribution in [3.05, 3.63) is 39.4 Å². The zero-order chi connectivity index (χ0) is 16.1. The molecule has 0 radical (unpaired) electrons. The van der Waals surface area contributed by atoms with Crippen LogP contribution in [-0.2, 0) is 0 Å². The van der Waals surface area contributed by atoms with E-state index in [1.165, 1.54) is 6.07 Å². The van der Waals surface area contributed by atoms with Crippen molar-refractivity contribution < 1.29 is 19.6 Å². The standard InChI is InChI=1S/C15H18N2O5/c18-14(16-12-5-3-1-2-4-6-12)10-7-11(15(19)20)9-13(8-10)17(21)22/h7-9,12H,1-6H2,(H,16,18)(H,19,20). The van der Waals surface area contributed by atoms with Gasteiger partial charge in [0, 0.05) is 23.7 Å². The molecule has 118 valence electrons. The summed E-state index contributed by atoms with van der Waals surface area (Å²) in [6.45, 7) is 0. The van der Waals surface area contributed by atoms with Gasteiger partial charge >= 0.3 is 5.97 Å². The maximum Gasteiger partial charge on any atom is 0.335 e. The molecule has 22 heavy (non-hydrogen) atoms. The van der Waals surface area contributed by atoms with Crippen LogP contribution in [0.25, 0.3) is 0 Å². The third-order valence-corrected chi connectivity index (χ3v) is 3.83. The van der Waals surface area contributed by atoms with E-state index in [2.05, 4.69) is 5.32 Å². The zero-order valence-electron chi connectivity index (χ0n) is 12.1. The third kappa shape index (κ3) is 4.03. The Morgan fingerprint density at radius 2 is 1.68 bits per heavy atom. The lowest BCUT2D eigenvalue weighted by atomic mass is 10.1. The minimum atomic E-state index is -1.30. The van der Waals surface area contributed by atoms with Gasteiger partial charge in [0.15, 0.2) is 0 Å². The highest BCUT2D eigenvalue weighted by molar-refractivity contribution is 5.98. The van der Waals surface area contributed by atoms with E-state index in [9.17, 15) is 19.7 Å². The number of carbonyl (C=O) groups is 2. The molecule has 1 aliphatic carbocycles. The van der Waals surface area contributed by atoms with Crippen molar-refractivity contribution >= 4 is 17.6 Å². The summed E-state index contributed by atoms with van der Waals surface area (Å²) in [6.07, 6.45) is 6.14. The van der Waals surface area contributed by atoms with Gasteiger partial charge < -0.3 is 10.4 Å². The number of hydrogen-bond acceptors (Lipinski definition) is 4. The lowest BCUT2D eigenvalue weighted by molar-refractivity contribution is -0.384. The van der Waals surface area contributed by atoms with Gasteiger partial charge in [-0.2, -0.15) is 0 Å². The molecule has 1 amide bonds. The predicted molar refractivity (Wildman–Crippen MR) is 79.0 cm³/mol. The Bertz CT molecular complexity index is 559. The minimum absolute atomic E-state index is 0.0100. The molecule has 0 saturated heterocycles. The normalized spacial score (nSPS) is 15.8. The van der Waals surface area contributed by atoms with E-state index >= 15 is 0 Å². The molecule has 0 unspecified atom stereocenters. The number of hydrogen-bond donors (Lipinski definition) is 2. The first-order valence-corrected chi connectivity index (χ1v) is 7.31. The largest absolute Gasteiger partial charge is 0.478 e. The van der Waals surface area contributed by atoms with Gasteiger partial charge in [-0.15, -0.1) is 0 Å². The predicted octanol–water partition coefficient (Wildman–Crippen LogP) is 2.75. The Balaban J connectivity index is 2.20. The summed E-state index contributed by atoms with van der Waals surface area (Å²) in [5.41, 5.74) is -0.651. The molecule has 1 aromatic carbocycles. The fraction of sp³-hybridized carbons (Fsp3) is 0.467. The first-order valence-electron chi connectivity index (χ1n) is 7.31. The molecule has 1 aliphatic rings. The molecule has 1 aromatic rings. The second-order valence-corrected chi connectivity index (χ2v) is 5.49. The van der Waals surface area contributed by atoms with Crippen molar-refractivity contribution in [3.63, 3.8) is 0 Å². The number of nitro benzene ring substituents is 1. The van der Waals surface area contributed by atoms with Crippen molar-refractivity contribution in [1.82, 2.24) is 5.32 Å². The van der Waals surface area contributed by atoms with Crippen LogP contribution in [-0.4, -0.2) is 27.9 Å². The van der Waals surface area contributed by atoms with Gasteiger partial charge in [0.2, 0.25) is 0 Å². The van der Waals surface area contributed by atoms with E-state index in [1.54, 1.807) is 0 Å². The van der Waals surface area contributed by atoms with Gasteiger partial charge in [-0.25, -0.2) is 4.79 Å². The number of nitro groups is 1. The van der Waals surface area contributed by atoms with E-state index in [0.717, 1.165) is 50.7 Å². The van der Waals surface area contributed by atoms with Crippen molar-refractivity contribution in [3.8, 4) is 0 Å². The number of rotatable bonds is 4. The topological polar surface area (TPSA) is 110 Å². The van der Waals surface area contributed by atoms with Crippen LogP contribution in [0.15, 0.2) is 18.2 Å². The monoisotopic (exact) mass is 306 g/mol. The molecule has 2 N–H and O–H groups in total. The summed E-state index contributed by atoms with van der Waals surface area (Å²) < 4.78 is 0. The number of carboxylic acids is 1. The molecule has 0 bridgehead atoms. The summed E-state index contributed by atoms with van der Waals surface area (Å²) >= 11 is 0. The summed E-state index contributed by atoms with van der Waals surface area (Å²) in [6, 6.07) is 3.27. The molecule has 0 atom stereocenters. The van der Waals surface area contributed by atoms with Gasteiger partial charge in [-0.05, 0) is 18.9 Å². The van der Waals surface area contributed by atoms with Gasteiger partial charge in [0.1, 0.15) is 0 Å². The average molecular weight is 306 g/mol.